The van der Waals surface area contributed by atoms with Crippen LogP contribution in [0.2, 0.25) is 10.3 Å². The molecule has 20 heavy (non-hydrogen) atoms. The van der Waals surface area contributed by atoms with Gasteiger partial charge in [-0.1, -0.05) is 39.7 Å². The van der Waals surface area contributed by atoms with Gasteiger partial charge in [-0.25, -0.2) is 4.98 Å². The molecule has 0 aliphatic heterocycles. The van der Waals surface area contributed by atoms with Crippen molar-refractivity contribution in [1.82, 2.24) is 9.97 Å². The summed E-state index contributed by atoms with van der Waals surface area (Å²) in [5.41, 5.74) is 0.886. The standard InChI is InChI=1S/C14H8BrCl2N3/c15-10-3-1-9-6-11(4-2-8(9)5-10)19-13-12(16)7-18-14(17)20-13/h1-7H,(H,18,19,20). The van der Waals surface area contributed by atoms with Crippen LogP contribution in [0.25, 0.3) is 10.8 Å². The third-order valence-electron chi connectivity index (χ3n) is 2.78. The van der Waals surface area contributed by atoms with Crippen molar-refractivity contribution in [3.63, 3.8) is 0 Å². The summed E-state index contributed by atoms with van der Waals surface area (Å²) in [7, 11) is 0. The second kappa shape index (κ2) is 5.56. The number of fused-ring (bicyclic) bond motifs is 1. The summed E-state index contributed by atoms with van der Waals surface area (Å²) >= 11 is 15.3. The lowest BCUT2D eigenvalue weighted by atomic mass is 10.1. The first kappa shape index (κ1) is 13.6. The molecule has 3 aromatic rings. The highest BCUT2D eigenvalue weighted by molar-refractivity contribution is 9.10. The molecule has 3 rings (SSSR count). The molecular weight excluding hydrogens is 361 g/mol. The number of halogens is 3. The van der Waals surface area contributed by atoms with Gasteiger partial charge in [0.05, 0.1) is 6.20 Å². The van der Waals surface area contributed by atoms with Crippen LogP contribution in [-0.2, 0) is 0 Å². The molecule has 0 aliphatic carbocycles. The molecule has 0 saturated heterocycles. The van der Waals surface area contributed by atoms with Crippen molar-refractivity contribution in [2.75, 3.05) is 5.32 Å². The molecule has 100 valence electrons. The van der Waals surface area contributed by atoms with Crippen molar-refractivity contribution in [3.8, 4) is 0 Å². The molecule has 2 aromatic carbocycles. The van der Waals surface area contributed by atoms with E-state index in [-0.39, 0.29) is 5.28 Å². The second-order valence-electron chi connectivity index (χ2n) is 4.17. The highest BCUT2D eigenvalue weighted by atomic mass is 79.9. The van der Waals surface area contributed by atoms with E-state index in [0.717, 1.165) is 20.9 Å². The van der Waals surface area contributed by atoms with Crippen molar-refractivity contribution < 1.29 is 0 Å². The van der Waals surface area contributed by atoms with E-state index in [1.807, 2.05) is 30.3 Å². The second-order valence-corrected chi connectivity index (χ2v) is 5.83. The van der Waals surface area contributed by atoms with E-state index in [2.05, 4.69) is 37.3 Å². The summed E-state index contributed by atoms with van der Waals surface area (Å²) in [6.07, 6.45) is 1.47. The molecule has 0 spiro atoms. The molecule has 0 unspecified atom stereocenters. The Morgan fingerprint density at radius 3 is 2.60 bits per heavy atom. The van der Waals surface area contributed by atoms with E-state index >= 15 is 0 Å². The van der Waals surface area contributed by atoms with Gasteiger partial charge in [-0.3, -0.25) is 0 Å². The van der Waals surface area contributed by atoms with Crippen LogP contribution in [0.5, 0.6) is 0 Å². The van der Waals surface area contributed by atoms with Crippen LogP contribution in [0, 0.1) is 0 Å². The Labute approximate surface area is 134 Å². The zero-order chi connectivity index (χ0) is 14.1. The predicted octanol–water partition coefficient (Wildman–Crippen LogP) is 5.44. The Morgan fingerprint density at radius 2 is 1.75 bits per heavy atom. The number of hydrogen-bond acceptors (Lipinski definition) is 3. The minimum absolute atomic E-state index is 0.154. The lowest BCUT2D eigenvalue weighted by molar-refractivity contribution is 1.17. The first-order chi connectivity index (χ1) is 9.61. The van der Waals surface area contributed by atoms with Gasteiger partial charge >= 0.3 is 0 Å². The lowest BCUT2D eigenvalue weighted by Crippen LogP contribution is -1.96. The zero-order valence-electron chi connectivity index (χ0n) is 10.1. The third-order valence-corrected chi connectivity index (χ3v) is 3.73. The molecule has 1 aromatic heterocycles. The molecular formula is C14H8BrCl2N3. The topological polar surface area (TPSA) is 37.8 Å². The van der Waals surface area contributed by atoms with Crippen LogP contribution in [0.1, 0.15) is 0 Å². The SMILES string of the molecule is Clc1ncc(Cl)c(Nc2ccc3cc(Br)ccc3c2)n1. The van der Waals surface area contributed by atoms with Crippen LogP contribution in [0.15, 0.2) is 47.1 Å². The van der Waals surface area contributed by atoms with Gasteiger partial charge in [0.25, 0.3) is 0 Å². The molecule has 0 radical (unpaired) electrons. The molecule has 0 fully saturated rings. The predicted molar refractivity (Wildman–Crippen MR) is 87.0 cm³/mol. The zero-order valence-corrected chi connectivity index (χ0v) is 13.2. The van der Waals surface area contributed by atoms with Crippen LogP contribution in [-0.4, -0.2) is 9.97 Å². The summed E-state index contributed by atoms with van der Waals surface area (Å²) in [5, 5.41) is 5.99. The Kier molecular flexibility index (Phi) is 3.78. The minimum atomic E-state index is 0.154. The van der Waals surface area contributed by atoms with Gasteiger partial charge in [-0.15, -0.1) is 0 Å². The van der Waals surface area contributed by atoms with E-state index in [1.54, 1.807) is 0 Å². The lowest BCUT2D eigenvalue weighted by Gasteiger charge is -2.08. The summed E-state index contributed by atoms with van der Waals surface area (Å²) in [4.78, 5) is 7.88. The minimum Gasteiger partial charge on any atom is -0.339 e. The fourth-order valence-electron chi connectivity index (χ4n) is 1.86. The molecule has 1 heterocycles. The Balaban J connectivity index is 1.98. The summed E-state index contributed by atoms with van der Waals surface area (Å²) < 4.78 is 1.05. The maximum absolute atomic E-state index is 6.03. The first-order valence-electron chi connectivity index (χ1n) is 5.76. The number of nitrogens with one attached hydrogen (secondary N) is 1. The van der Waals surface area contributed by atoms with Gasteiger partial charge in [0.2, 0.25) is 5.28 Å². The number of anilines is 2. The maximum atomic E-state index is 6.03. The molecule has 1 N–H and O–H groups in total. The highest BCUT2D eigenvalue weighted by Gasteiger charge is 2.05. The average molecular weight is 369 g/mol. The van der Waals surface area contributed by atoms with E-state index < -0.39 is 0 Å². The van der Waals surface area contributed by atoms with Crippen LogP contribution in [0.4, 0.5) is 11.5 Å². The van der Waals surface area contributed by atoms with Gasteiger partial charge in [0.15, 0.2) is 5.82 Å². The summed E-state index contributed by atoms with van der Waals surface area (Å²) in [6.45, 7) is 0. The molecule has 0 amide bonds. The normalized spacial score (nSPS) is 10.8. The van der Waals surface area contributed by atoms with Crippen molar-refractivity contribution in [3.05, 3.63) is 57.4 Å². The summed E-state index contributed by atoms with van der Waals surface area (Å²) in [6, 6.07) is 12.1. The van der Waals surface area contributed by atoms with Crippen LogP contribution in [0.3, 0.4) is 0 Å². The van der Waals surface area contributed by atoms with Gasteiger partial charge in [-0.05, 0) is 46.6 Å². The van der Waals surface area contributed by atoms with Crippen LogP contribution >= 0.6 is 39.1 Å². The smallest absolute Gasteiger partial charge is 0.224 e. The molecule has 0 aliphatic rings. The first-order valence-corrected chi connectivity index (χ1v) is 7.31. The number of rotatable bonds is 2. The van der Waals surface area contributed by atoms with Crippen molar-refractivity contribution in [1.29, 1.82) is 0 Å². The van der Waals surface area contributed by atoms with Crippen molar-refractivity contribution in [2.45, 2.75) is 0 Å². The highest BCUT2D eigenvalue weighted by Crippen LogP contribution is 2.27. The number of hydrogen-bond donors (Lipinski definition) is 1. The number of nitrogens with zero attached hydrogens (tertiary/aromatic N) is 2. The van der Waals surface area contributed by atoms with Gasteiger partial charge in [0.1, 0.15) is 5.02 Å². The maximum Gasteiger partial charge on any atom is 0.224 e. The van der Waals surface area contributed by atoms with Gasteiger partial charge in [0, 0.05) is 10.2 Å². The molecule has 3 nitrogen and oxygen atoms in total. The van der Waals surface area contributed by atoms with Gasteiger partial charge in [-0.2, -0.15) is 4.98 Å². The Bertz CT molecular complexity index is 792. The van der Waals surface area contributed by atoms with E-state index in [0.29, 0.717) is 10.8 Å². The van der Waals surface area contributed by atoms with Crippen molar-refractivity contribution in [2.24, 2.45) is 0 Å². The van der Waals surface area contributed by atoms with E-state index in [4.69, 9.17) is 23.2 Å². The molecule has 0 saturated carbocycles. The fourth-order valence-corrected chi connectivity index (χ4v) is 2.51. The van der Waals surface area contributed by atoms with Crippen molar-refractivity contribution >= 4 is 61.4 Å². The number of aromatic nitrogens is 2. The molecule has 0 bridgehead atoms. The average Bonchev–Trinajstić information content (AvgIpc) is 2.43. The van der Waals surface area contributed by atoms with Crippen LogP contribution < -0.4 is 5.32 Å². The summed E-state index contributed by atoms with van der Waals surface area (Å²) in [5.74, 6) is 0.489. The van der Waals surface area contributed by atoms with E-state index in [1.165, 1.54) is 6.20 Å². The Hall–Kier alpha value is -1.36. The fraction of sp³-hybridized carbons (Fsp3) is 0. The largest absolute Gasteiger partial charge is 0.339 e. The molecule has 0 atom stereocenters. The Morgan fingerprint density at radius 1 is 1.00 bits per heavy atom. The van der Waals surface area contributed by atoms with E-state index in [9.17, 15) is 0 Å². The van der Waals surface area contributed by atoms with Gasteiger partial charge < -0.3 is 5.32 Å². The third kappa shape index (κ3) is 2.87. The quantitative estimate of drug-likeness (QED) is 0.611. The number of benzene rings is 2. The monoisotopic (exact) mass is 367 g/mol. The molecule has 6 heteroatoms.